The zero-order chi connectivity index (χ0) is 61.2. The Morgan fingerprint density at radius 3 is 0.856 bits per heavy atom. The number of anilines is 6. The summed E-state index contributed by atoms with van der Waals surface area (Å²) in [4.78, 5) is 5.19. The lowest BCUT2D eigenvalue weighted by Gasteiger charge is -2.35. The van der Waals surface area contributed by atoms with Crippen molar-refractivity contribution in [1.29, 1.82) is 0 Å². The van der Waals surface area contributed by atoms with Gasteiger partial charge in [0.05, 0.1) is 33.6 Å². The molecule has 0 radical (unpaired) electrons. The second-order valence-corrected chi connectivity index (χ2v) is 26.0. The summed E-state index contributed by atoms with van der Waals surface area (Å²) in [6.45, 7) is 18.6. The summed E-state index contributed by atoms with van der Waals surface area (Å²) < 4.78 is 0. The molecule has 14 aromatic rings. The van der Waals surface area contributed by atoms with Gasteiger partial charge in [-0.05, 0) is 198 Å². The van der Waals surface area contributed by atoms with E-state index in [-0.39, 0.29) is 11.8 Å². The molecule has 14 aromatic carbocycles. The van der Waals surface area contributed by atoms with E-state index in [1.165, 1.54) is 155 Å². The summed E-state index contributed by atoms with van der Waals surface area (Å²) in [6, 6.07) is 106. The first kappa shape index (κ1) is 55.1. The number of benzene rings is 14. The molecule has 0 saturated carbocycles. The molecule has 0 aliphatic heterocycles. The monoisotopic (exact) mass is 1160 g/mol. The molecule has 2 aliphatic carbocycles. The molecule has 0 aromatic heterocycles. The van der Waals surface area contributed by atoms with Gasteiger partial charge in [-0.2, -0.15) is 0 Å². The van der Waals surface area contributed by atoms with E-state index >= 15 is 0 Å². The van der Waals surface area contributed by atoms with Crippen LogP contribution in [0.2, 0.25) is 0 Å². The van der Waals surface area contributed by atoms with Crippen LogP contribution in [-0.2, 0) is 10.8 Å². The van der Waals surface area contributed by atoms with Crippen LogP contribution in [0.15, 0.2) is 279 Å². The SMILES string of the molecule is Cc1cccc(C)c1N(c1ccc(C2(c3ccccc3)c3ccccc3-c3ccccc32)cc1)c1cc(C(C)C)c2ccc3c(N(c4ccc(C5(c6ccccc6)c6ccccc6-c6ccccc65)cc4)c4c(C)cccc4C)cc(C(C)C)c4ccc1c2c43. The van der Waals surface area contributed by atoms with Crippen molar-refractivity contribution in [1.82, 2.24) is 0 Å². The number of hydrogen-bond acceptors (Lipinski definition) is 2. The summed E-state index contributed by atoms with van der Waals surface area (Å²) in [5.74, 6) is 0.464. The first-order valence-electron chi connectivity index (χ1n) is 32.2. The average Bonchev–Trinajstić information content (AvgIpc) is 1.31. The summed E-state index contributed by atoms with van der Waals surface area (Å²) in [5.41, 5.74) is 29.0. The number of nitrogens with zero attached hydrogens (tertiary/aromatic N) is 2. The van der Waals surface area contributed by atoms with Crippen LogP contribution in [0.25, 0.3) is 54.6 Å². The van der Waals surface area contributed by atoms with E-state index in [9.17, 15) is 0 Å². The number of fused-ring (bicyclic) bond motifs is 6. The van der Waals surface area contributed by atoms with E-state index in [0.717, 1.165) is 11.4 Å². The Bertz CT molecular complexity index is 4650. The molecule has 2 heteroatoms. The van der Waals surface area contributed by atoms with Gasteiger partial charge in [-0.15, -0.1) is 0 Å². The van der Waals surface area contributed by atoms with E-state index in [0.29, 0.717) is 0 Å². The van der Waals surface area contributed by atoms with Gasteiger partial charge in [-0.3, -0.25) is 0 Å². The zero-order valence-electron chi connectivity index (χ0n) is 52.6. The summed E-state index contributed by atoms with van der Waals surface area (Å²) >= 11 is 0. The smallest absolute Gasteiger partial charge is 0.0713 e. The molecule has 16 rings (SSSR count). The molecule has 0 fully saturated rings. The Kier molecular flexibility index (Phi) is 13.0. The summed E-state index contributed by atoms with van der Waals surface area (Å²) in [6.07, 6.45) is 0. The molecule has 0 N–H and O–H groups in total. The van der Waals surface area contributed by atoms with Crippen LogP contribution in [0.1, 0.15) is 117 Å². The first-order valence-corrected chi connectivity index (χ1v) is 32.2. The molecule has 0 atom stereocenters. The highest BCUT2D eigenvalue weighted by Gasteiger charge is 2.47. The second-order valence-electron chi connectivity index (χ2n) is 26.0. The van der Waals surface area contributed by atoms with Gasteiger partial charge in [-0.1, -0.05) is 270 Å². The summed E-state index contributed by atoms with van der Waals surface area (Å²) in [7, 11) is 0. The van der Waals surface area contributed by atoms with Gasteiger partial charge in [-0.25, -0.2) is 0 Å². The fourth-order valence-electron chi connectivity index (χ4n) is 16.6. The van der Waals surface area contributed by atoms with Crippen molar-refractivity contribution in [3.63, 3.8) is 0 Å². The molecule has 2 aliphatic rings. The van der Waals surface area contributed by atoms with Crippen LogP contribution >= 0.6 is 0 Å². The number of para-hydroxylation sites is 2. The molecule has 0 spiro atoms. The lowest BCUT2D eigenvalue weighted by atomic mass is 9.67. The van der Waals surface area contributed by atoms with E-state index in [1.54, 1.807) is 0 Å². The highest BCUT2D eigenvalue weighted by molar-refractivity contribution is 6.29. The molecule has 0 amide bonds. The lowest BCUT2D eigenvalue weighted by molar-refractivity contribution is 0.768. The van der Waals surface area contributed by atoms with Gasteiger partial charge in [0.1, 0.15) is 0 Å². The zero-order valence-corrected chi connectivity index (χ0v) is 52.6. The second kappa shape index (κ2) is 21.2. The maximum Gasteiger partial charge on any atom is 0.0713 e. The molecular weight excluding hydrogens is 1080 g/mol. The van der Waals surface area contributed by atoms with Crippen molar-refractivity contribution < 1.29 is 0 Å². The van der Waals surface area contributed by atoms with Crippen molar-refractivity contribution in [3.8, 4) is 22.3 Å². The van der Waals surface area contributed by atoms with Crippen LogP contribution < -0.4 is 9.80 Å². The van der Waals surface area contributed by atoms with Gasteiger partial charge in [0.15, 0.2) is 0 Å². The topological polar surface area (TPSA) is 6.48 Å². The maximum absolute atomic E-state index is 2.59. The van der Waals surface area contributed by atoms with Crippen LogP contribution in [0.3, 0.4) is 0 Å². The quantitative estimate of drug-likeness (QED) is 0.113. The van der Waals surface area contributed by atoms with E-state index in [2.05, 4.69) is 344 Å². The molecule has 0 unspecified atom stereocenters. The minimum Gasteiger partial charge on any atom is -0.309 e. The molecule has 0 bridgehead atoms. The number of rotatable bonds is 12. The largest absolute Gasteiger partial charge is 0.309 e. The third-order valence-corrected chi connectivity index (χ3v) is 20.4. The van der Waals surface area contributed by atoms with Crippen molar-refractivity contribution in [3.05, 3.63) is 357 Å². The lowest BCUT2D eigenvalue weighted by Crippen LogP contribution is -2.28. The van der Waals surface area contributed by atoms with Gasteiger partial charge in [0.25, 0.3) is 0 Å². The number of aryl methyl sites for hydroxylation is 4. The first-order chi connectivity index (χ1) is 44.0. The fourth-order valence-corrected chi connectivity index (χ4v) is 16.6. The van der Waals surface area contributed by atoms with Gasteiger partial charge in [0, 0.05) is 22.1 Å². The Morgan fingerprint density at radius 1 is 0.267 bits per heavy atom. The van der Waals surface area contributed by atoms with Gasteiger partial charge < -0.3 is 9.80 Å². The standard InChI is InChI=1S/C88H72N2/c1-55(2)75-53-81(89(85-57(5)25-23-26-58(85)6)65-45-41-63(42-46-65)87(61-29-11-9-12-30-61)77-37-19-15-33-67(77)68-34-16-20-38-78(68)87)73-52-50-72-76(56(3)4)54-82(74-51-49-71(75)83(73)84(72)74)90(86-59(7)27-24-28-60(86)8)66-47-43-64(44-48-66)88(62-31-13-10-14-32-62)79-39-21-17-35-69(79)70-36-18-22-40-80(70)88/h9-56H,1-8H3. The predicted molar refractivity (Wildman–Crippen MR) is 381 cm³/mol. The Morgan fingerprint density at radius 2 is 0.544 bits per heavy atom. The molecule has 90 heavy (non-hydrogen) atoms. The molecule has 0 saturated heterocycles. The van der Waals surface area contributed by atoms with E-state index in [1.807, 2.05) is 0 Å². The van der Waals surface area contributed by atoms with Crippen LogP contribution in [-0.4, -0.2) is 0 Å². The van der Waals surface area contributed by atoms with Crippen molar-refractivity contribution in [2.75, 3.05) is 9.80 Å². The fraction of sp³-hybridized carbons (Fsp3) is 0.136. The molecule has 0 heterocycles. The van der Waals surface area contributed by atoms with Crippen molar-refractivity contribution in [2.24, 2.45) is 0 Å². The van der Waals surface area contributed by atoms with E-state index < -0.39 is 10.8 Å². The normalized spacial score (nSPS) is 13.5. The Hall–Kier alpha value is -10.3. The molecule has 434 valence electrons. The highest BCUT2D eigenvalue weighted by Crippen LogP contribution is 2.59. The minimum absolute atomic E-state index is 0.232. The van der Waals surface area contributed by atoms with E-state index in [4.69, 9.17) is 0 Å². The van der Waals surface area contributed by atoms with Gasteiger partial charge >= 0.3 is 0 Å². The molecule has 2 nitrogen and oxygen atoms in total. The number of hydrogen-bond donors (Lipinski definition) is 0. The molecular formula is C88H72N2. The highest BCUT2D eigenvalue weighted by atomic mass is 15.2. The third kappa shape index (κ3) is 7.96. The Balaban J connectivity index is 0.931. The summed E-state index contributed by atoms with van der Waals surface area (Å²) in [5, 5.41) is 7.70. The van der Waals surface area contributed by atoms with Crippen LogP contribution in [0, 0.1) is 27.7 Å². The van der Waals surface area contributed by atoms with Crippen LogP contribution in [0.5, 0.6) is 0 Å². The maximum atomic E-state index is 2.59. The van der Waals surface area contributed by atoms with Crippen molar-refractivity contribution in [2.45, 2.75) is 78.1 Å². The Labute approximate surface area is 530 Å². The van der Waals surface area contributed by atoms with Crippen molar-refractivity contribution >= 4 is 66.4 Å². The predicted octanol–water partition coefficient (Wildman–Crippen LogP) is 23.7. The average molecular weight is 1160 g/mol. The third-order valence-electron chi connectivity index (χ3n) is 20.4. The van der Waals surface area contributed by atoms with Crippen LogP contribution in [0.4, 0.5) is 34.1 Å². The minimum atomic E-state index is -0.508. The van der Waals surface area contributed by atoms with Gasteiger partial charge in [0.2, 0.25) is 0 Å².